The Kier molecular flexibility index (Phi) is 4.48. The van der Waals surface area contributed by atoms with E-state index in [1.807, 2.05) is 31.2 Å². The lowest BCUT2D eigenvalue weighted by atomic mass is 10.1. The zero-order chi connectivity index (χ0) is 17.1. The summed E-state index contributed by atoms with van der Waals surface area (Å²) in [6.45, 7) is 2.00. The van der Waals surface area contributed by atoms with Crippen molar-refractivity contribution in [1.82, 2.24) is 5.32 Å². The van der Waals surface area contributed by atoms with Crippen molar-refractivity contribution in [1.29, 1.82) is 0 Å². The van der Waals surface area contributed by atoms with Crippen molar-refractivity contribution in [3.8, 4) is 0 Å². The Morgan fingerprint density at radius 2 is 1.79 bits per heavy atom. The Hall–Kier alpha value is -2.86. The monoisotopic (exact) mass is 337 g/mol. The van der Waals surface area contributed by atoms with Crippen molar-refractivity contribution in [3.05, 3.63) is 70.1 Å². The third kappa shape index (κ3) is 3.72. The number of thioether (sulfide) groups is 1. The van der Waals surface area contributed by atoms with E-state index >= 15 is 0 Å². The molecule has 24 heavy (non-hydrogen) atoms. The third-order valence-corrected chi connectivity index (χ3v) is 4.27. The van der Waals surface area contributed by atoms with Crippen LogP contribution in [0.4, 0.5) is 5.69 Å². The highest BCUT2D eigenvalue weighted by Crippen LogP contribution is 2.28. The van der Waals surface area contributed by atoms with Gasteiger partial charge in [-0.15, -0.1) is 0 Å². The molecule has 1 aliphatic rings. The van der Waals surface area contributed by atoms with E-state index in [1.54, 1.807) is 18.2 Å². The van der Waals surface area contributed by atoms with Crippen LogP contribution in [0, 0.1) is 6.92 Å². The second-order valence-electron chi connectivity index (χ2n) is 5.23. The number of rotatable bonds is 3. The molecule has 1 fully saturated rings. The second-order valence-corrected chi connectivity index (χ2v) is 6.26. The average Bonchev–Trinajstić information content (AvgIpc) is 2.89. The minimum atomic E-state index is -1.23. The van der Waals surface area contributed by atoms with Crippen LogP contribution in [0.3, 0.4) is 0 Å². The van der Waals surface area contributed by atoms with E-state index in [0.29, 0.717) is 10.1 Å². The first-order chi connectivity index (χ1) is 11.5. The lowest BCUT2D eigenvalue weighted by Gasteiger charge is -2.02. The van der Waals surface area contributed by atoms with Gasteiger partial charge < -0.3 is 15.2 Å². The van der Waals surface area contributed by atoms with E-state index in [-0.39, 0.29) is 11.5 Å². The largest absolute Gasteiger partial charge is 0.545 e. The van der Waals surface area contributed by atoms with E-state index in [0.717, 1.165) is 16.8 Å². The summed E-state index contributed by atoms with van der Waals surface area (Å²) < 4.78 is 0. The van der Waals surface area contributed by atoms with Crippen LogP contribution in [0.5, 0.6) is 0 Å². The summed E-state index contributed by atoms with van der Waals surface area (Å²) in [7, 11) is 0. The van der Waals surface area contributed by atoms with Gasteiger partial charge in [0.2, 0.25) is 0 Å². The van der Waals surface area contributed by atoms with Gasteiger partial charge >= 0.3 is 0 Å². The van der Waals surface area contributed by atoms with Gasteiger partial charge in [-0.1, -0.05) is 42.0 Å². The summed E-state index contributed by atoms with van der Waals surface area (Å²) in [4.78, 5) is 27.7. The molecule has 0 spiro atoms. The zero-order valence-corrected chi connectivity index (χ0v) is 13.6. The van der Waals surface area contributed by atoms with Gasteiger partial charge in [-0.2, -0.15) is 0 Å². The molecule has 1 heterocycles. The number of amides is 1. The van der Waals surface area contributed by atoms with Crippen LogP contribution in [0.15, 0.2) is 58.4 Å². The highest BCUT2D eigenvalue weighted by atomic mass is 32.2. The number of aromatic carboxylic acids is 1. The molecule has 1 amide bonds. The number of carboxylic acids is 1. The van der Waals surface area contributed by atoms with Crippen LogP contribution in [0.1, 0.15) is 21.5 Å². The Balaban J connectivity index is 1.79. The van der Waals surface area contributed by atoms with Crippen LogP contribution in [-0.4, -0.2) is 17.0 Å². The van der Waals surface area contributed by atoms with E-state index in [2.05, 4.69) is 10.3 Å². The molecular formula is C18H13N2O3S-. The molecule has 0 bridgehead atoms. The first-order valence-corrected chi connectivity index (χ1v) is 8.00. The van der Waals surface area contributed by atoms with Crippen LogP contribution in [-0.2, 0) is 4.79 Å². The first-order valence-electron chi connectivity index (χ1n) is 7.19. The molecule has 1 saturated heterocycles. The molecule has 120 valence electrons. The molecule has 1 aliphatic heterocycles. The van der Waals surface area contributed by atoms with Crippen molar-refractivity contribution in [3.63, 3.8) is 0 Å². The van der Waals surface area contributed by atoms with Gasteiger partial charge in [0.1, 0.15) is 0 Å². The van der Waals surface area contributed by atoms with Gasteiger partial charge in [-0.05, 0) is 48.0 Å². The molecule has 0 radical (unpaired) electrons. The molecule has 0 unspecified atom stereocenters. The minimum absolute atomic E-state index is 0.0994. The molecule has 5 nitrogen and oxygen atoms in total. The lowest BCUT2D eigenvalue weighted by molar-refractivity contribution is -0.255. The number of nitrogens with one attached hydrogen (secondary N) is 1. The van der Waals surface area contributed by atoms with E-state index in [9.17, 15) is 14.7 Å². The number of carbonyl (C=O) groups excluding carboxylic acids is 2. The Morgan fingerprint density at radius 3 is 2.42 bits per heavy atom. The first kappa shape index (κ1) is 16.0. The van der Waals surface area contributed by atoms with Gasteiger partial charge in [0.05, 0.1) is 16.6 Å². The smallest absolute Gasteiger partial charge is 0.264 e. The highest BCUT2D eigenvalue weighted by Gasteiger charge is 2.23. The van der Waals surface area contributed by atoms with Crippen LogP contribution >= 0.6 is 11.8 Å². The SMILES string of the molecule is Cc1ccc(N=C2NC(=O)/C(=C\c3ccc(C(=O)[O-])cc3)S2)cc1. The van der Waals surface area contributed by atoms with Crippen molar-refractivity contribution >= 4 is 40.6 Å². The van der Waals surface area contributed by atoms with Crippen LogP contribution < -0.4 is 10.4 Å². The number of hydrogen-bond donors (Lipinski definition) is 1. The number of benzene rings is 2. The summed E-state index contributed by atoms with van der Waals surface area (Å²) in [5.41, 5.74) is 2.74. The molecule has 0 aromatic heterocycles. The number of carboxylic acid groups (broad SMARTS) is 1. The van der Waals surface area contributed by atoms with Crippen molar-refractivity contribution in [2.75, 3.05) is 0 Å². The van der Waals surface area contributed by atoms with Crippen LogP contribution in [0.2, 0.25) is 0 Å². The number of hydrogen-bond acceptors (Lipinski definition) is 5. The van der Waals surface area contributed by atoms with Gasteiger partial charge in [0.15, 0.2) is 5.17 Å². The Labute approximate surface area is 143 Å². The molecule has 2 aromatic rings. The van der Waals surface area contributed by atoms with Gasteiger partial charge in [-0.25, -0.2) is 4.99 Å². The van der Waals surface area contributed by atoms with Gasteiger partial charge in [-0.3, -0.25) is 4.79 Å². The van der Waals surface area contributed by atoms with E-state index < -0.39 is 5.97 Å². The average molecular weight is 337 g/mol. The molecule has 1 N–H and O–H groups in total. The second kappa shape index (κ2) is 6.72. The highest BCUT2D eigenvalue weighted by molar-refractivity contribution is 8.18. The Morgan fingerprint density at radius 1 is 1.12 bits per heavy atom. The van der Waals surface area contributed by atoms with Crippen LogP contribution in [0.25, 0.3) is 6.08 Å². The predicted molar refractivity (Wildman–Crippen MR) is 92.8 cm³/mol. The molecule has 2 aromatic carbocycles. The van der Waals surface area contributed by atoms with Crippen molar-refractivity contribution in [2.24, 2.45) is 4.99 Å². The van der Waals surface area contributed by atoms with Crippen molar-refractivity contribution < 1.29 is 14.7 Å². The van der Waals surface area contributed by atoms with Gasteiger partial charge in [0.25, 0.3) is 5.91 Å². The zero-order valence-electron chi connectivity index (χ0n) is 12.8. The maximum absolute atomic E-state index is 12.0. The summed E-state index contributed by atoms with van der Waals surface area (Å²) in [5.74, 6) is -1.45. The summed E-state index contributed by atoms with van der Waals surface area (Å²) >= 11 is 1.24. The van der Waals surface area contributed by atoms with E-state index in [4.69, 9.17) is 0 Å². The summed E-state index contributed by atoms with van der Waals surface area (Å²) in [6.07, 6.45) is 1.69. The quantitative estimate of drug-likeness (QED) is 0.871. The molecule has 3 rings (SSSR count). The predicted octanol–water partition coefficient (Wildman–Crippen LogP) is 2.25. The third-order valence-electron chi connectivity index (χ3n) is 3.36. The number of amidine groups is 1. The minimum Gasteiger partial charge on any atom is -0.545 e. The number of aryl methyl sites for hydroxylation is 1. The van der Waals surface area contributed by atoms with E-state index in [1.165, 1.54) is 23.9 Å². The van der Waals surface area contributed by atoms with Crippen molar-refractivity contribution in [2.45, 2.75) is 6.92 Å². The maximum atomic E-state index is 12.0. The fourth-order valence-electron chi connectivity index (χ4n) is 2.08. The molecule has 0 saturated carbocycles. The lowest BCUT2D eigenvalue weighted by Crippen LogP contribution is -2.21. The molecule has 6 heteroatoms. The van der Waals surface area contributed by atoms with Gasteiger partial charge in [0, 0.05) is 0 Å². The molecule has 0 atom stereocenters. The molecule has 0 aliphatic carbocycles. The molecular weight excluding hydrogens is 324 g/mol. The number of aliphatic imine (C=N–C) groups is 1. The normalized spacial score (nSPS) is 17.3. The summed E-state index contributed by atoms with van der Waals surface area (Å²) in [5, 5.41) is 14.0. The topological polar surface area (TPSA) is 81.6 Å². The number of carbonyl (C=O) groups is 2. The standard InChI is InChI=1S/C18H14N2O3S/c1-11-2-8-14(9-3-11)19-18-20-16(21)15(24-18)10-12-4-6-13(7-5-12)17(22)23/h2-10H,1H3,(H,22,23)(H,19,20,21)/p-1/b15-10+. The number of nitrogens with zero attached hydrogens (tertiary/aromatic N) is 1. The fraction of sp³-hybridized carbons (Fsp3) is 0.0556. The summed E-state index contributed by atoms with van der Waals surface area (Å²) in [6, 6.07) is 13.8. The Bertz CT molecular complexity index is 853. The fourth-order valence-corrected chi connectivity index (χ4v) is 2.93. The maximum Gasteiger partial charge on any atom is 0.264 e.